The molecule has 2 amide bonds. The van der Waals surface area contributed by atoms with Crippen LogP contribution in [0.25, 0.3) is 0 Å². The van der Waals surface area contributed by atoms with Crippen LogP contribution < -0.4 is 0 Å². The van der Waals surface area contributed by atoms with E-state index in [9.17, 15) is 14.7 Å². The first kappa shape index (κ1) is 18.4. The molecule has 1 unspecified atom stereocenters. The van der Waals surface area contributed by atoms with Gasteiger partial charge in [-0.3, -0.25) is 14.6 Å². The van der Waals surface area contributed by atoms with Crippen LogP contribution in [0.1, 0.15) is 25.0 Å². The molecule has 1 aliphatic rings. The summed E-state index contributed by atoms with van der Waals surface area (Å²) in [6, 6.07) is 5.55. The van der Waals surface area contributed by atoms with Crippen LogP contribution in [-0.2, 0) is 20.9 Å². The first-order chi connectivity index (χ1) is 11.6. The van der Waals surface area contributed by atoms with Gasteiger partial charge in [0, 0.05) is 26.4 Å². The molecule has 1 aromatic rings. The second-order valence-corrected chi connectivity index (χ2v) is 5.90. The van der Waals surface area contributed by atoms with E-state index < -0.39 is 6.10 Å². The third-order valence-corrected chi connectivity index (χ3v) is 4.08. The number of carbonyl (C=O) groups excluding carboxylic acids is 2. The number of carbonyl (C=O) groups is 2. The van der Waals surface area contributed by atoms with Gasteiger partial charge in [0.2, 0.25) is 5.91 Å². The molecule has 7 heteroatoms. The SMILES string of the molecule is COCCN(Cc1ccccn1)C(=O)CN1CCCCC(O)C1=O. The van der Waals surface area contributed by atoms with Crippen molar-refractivity contribution in [3.63, 3.8) is 0 Å². The number of nitrogens with zero attached hydrogens (tertiary/aromatic N) is 3. The zero-order valence-electron chi connectivity index (χ0n) is 14.1. The quantitative estimate of drug-likeness (QED) is 0.781. The Kier molecular flexibility index (Phi) is 7.14. The van der Waals surface area contributed by atoms with E-state index in [2.05, 4.69) is 4.98 Å². The Bertz CT molecular complexity index is 538. The van der Waals surface area contributed by atoms with Gasteiger partial charge in [0.05, 0.1) is 25.4 Å². The van der Waals surface area contributed by atoms with Gasteiger partial charge in [-0.1, -0.05) is 6.07 Å². The van der Waals surface area contributed by atoms with Crippen LogP contribution >= 0.6 is 0 Å². The highest BCUT2D eigenvalue weighted by Crippen LogP contribution is 2.13. The number of aromatic nitrogens is 1. The maximum atomic E-state index is 12.7. The Labute approximate surface area is 142 Å². The molecule has 1 N–H and O–H groups in total. The summed E-state index contributed by atoms with van der Waals surface area (Å²) in [6.07, 6.45) is 2.74. The zero-order chi connectivity index (χ0) is 17.4. The van der Waals surface area contributed by atoms with Crippen LogP contribution in [0, 0.1) is 0 Å². The summed E-state index contributed by atoms with van der Waals surface area (Å²) >= 11 is 0. The molecule has 132 valence electrons. The molecule has 0 aliphatic carbocycles. The number of hydrogen-bond donors (Lipinski definition) is 1. The number of ether oxygens (including phenoxy) is 1. The molecular weight excluding hydrogens is 310 g/mol. The van der Waals surface area contributed by atoms with E-state index in [0.717, 1.165) is 18.5 Å². The van der Waals surface area contributed by atoms with E-state index in [-0.39, 0.29) is 18.4 Å². The molecule has 24 heavy (non-hydrogen) atoms. The van der Waals surface area contributed by atoms with E-state index in [1.807, 2.05) is 18.2 Å². The normalized spacial score (nSPS) is 18.3. The van der Waals surface area contributed by atoms with Crippen molar-refractivity contribution in [1.29, 1.82) is 0 Å². The van der Waals surface area contributed by atoms with Gasteiger partial charge in [-0.15, -0.1) is 0 Å². The topological polar surface area (TPSA) is 83.0 Å². The molecular formula is C17H25N3O4. The Morgan fingerprint density at radius 2 is 2.29 bits per heavy atom. The van der Waals surface area contributed by atoms with Gasteiger partial charge < -0.3 is 19.6 Å². The third kappa shape index (κ3) is 5.28. The second-order valence-electron chi connectivity index (χ2n) is 5.90. The fourth-order valence-corrected chi connectivity index (χ4v) is 2.69. The van der Waals surface area contributed by atoms with Gasteiger partial charge >= 0.3 is 0 Å². The van der Waals surface area contributed by atoms with Crippen LogP contribution in [-0.4, -0.2) is 71.2 Å². The monoisotopic (exact) mass is 335 g/mol. The van der Waals surface area contributed by atoms with Crippen molar-refractivity contribution in [3.8, 4) is 0 Å². The molecule has 1 aromatic heterocycles. The van der Waals surface area contributed by atoms with Crippen LogP contribution in [0.3, 0.4) is 0 Å². The Hall–Kier alpha value is -1.99. The maximum absolute atomic E-state index is 12.7. The van der Waals surface area contributed by atoms with Gasteiger partial charge in [-0.25, -0.2) is 0 Å². The van der Waals surface area contributed by atoms with E-state index in [1.165, 1.54) is 4.90 Å². The summed E-state index contributed by atoms with van der Waals surface area (Å²) in [5.41, 5.74) is 0.782. The lowest BCUT2D eigenvalue weighted by atomic mass is 10.2. The van der Waals surface area contributed by atoms with Crippen LogP contribution in [0.15, 0.2) is 24.4 Å². The van der Waals surface area contributed by atoms with E-state index in [1.54, 1.807) is 18.2 Å². The van der Waals surface area contributed by atoms with E-state index in [0.29, 0.717) is 32.7 Å². The summed E-state index contributed by atoms with van der Waals surface area (Å²) in [4.78, 5) is 32.1. The molecule has 1 fully saturated rings. The molecule has 1 atom stereocenters. The van der Waals surface area contributed by atoms with Gasteiger partial charge in [-0.05, 0) is 31.4 Å². The lowest BCUT2D eigenvalue weighted by Gasteiger charge is -2.27. The molecule has 2 rings (SSSR count). The number of rotatable bonds is 7. The lowest BCUT2D eigenvalue weighted by molar-refractivity contribution is -0.145. The van der Waals surface area contributed by atoms with Crippen molar-refractivity contribution < 1.29 is 19.4 Å². The van der Waals surface area contributed by atoms with Crippen molar-refractivity contribution in [3.05, 3.63) is 30.1 Å². The average Bonchev–Trinajstić information content (AvgIpc) is 2.75. The lowest BCUT2D eigenvalue weighted by Crippen LogP contribution is -2.46. The van der Waals surface area contributed by atoms with Crippen molar-refractivity contribution in [2.75, 3.05) is 33.4 Å². The predicted molar refractivity (Wildman–Crippen MR) is 88.0 cm³/mol. The molecule has 2 heterocycles. The summed E-state index contributed by atoms with van der Waals surface area (Å²) < 4.78 is 5.07. The van der Waals surface area contributed by atoms with Crippen molar-refractivity contribution >= 4 is 11.8 Å². The van der Waals surface area contributed by atoms with Gasteiger partial charge in [0.1, 0.15) is 6.10 Å². The molecule has 0 bridgehead atoms. The van der Waals surface area contributed by atoms with Gasteiger partial charge in [-0.2, -0.15) is 0 Å². The van der Waals surface area contributed by atoms with Crippen molar-refractivity contribution in [2.45, 2.75) is 31.9 Å². The fraction of sp³-hybridized carbons (Fsp3) is 0.588. The number of hydrogen-bond acceptors (Lipinski definition) is 5. The van der Waals surface area contributed by atoms with Gasteiger partial charge in [0.25, 0.3) is 5.91 Å². The van der Waals surface area contributed by atoms with Crippen LogP contribution in [0.4, 0.5) is 0 Å². The van der Waals surface area contributed by atoms with Crippen molar-refractivity contribution in [1.82, 2.24) is 14.8 Å². The number of methoxy groups -OCH3 is 1. The van der Waals surface area contributed by atoms with Crippen LogP contribution in [0.5, 0.6) is 0 Å². The number of pyridine rings is 1. The minimum atomic E-state index is -0.997. The molecule has 1 saturated heterocycles. The number of amides is 2. The van der Waals surface area contributed by atoms with Crippen LogP contribution in [0.2, 0.25) is 0 Å². The summed E-state index contributed by atoms with van der Waals surface area (Å²) in [5.74, 6) is -0.523. The zero-order valence-corrected chi connectivity index (χ0v) is 14.1. The molecule has 7 nitrogen and oxygen atoms in total. The minimum absolute atomic E-state index is 0.0214. The first-order valence-corrected chi connectivity index (χ1v) is 8.25. The summed E-state index contributed by atoms with van der Waals surface area (Å²) in [5, 5.41) is 9.81. The molecule has 0 saturated carbocycles. The Morgan fingerprint density at radius 1 is 1.46 bits per heavy atom. The third-order valence-electron chi connectivity index (χ3n) is 4.08. The highest BCUT2D eigenvalue weighted by Gasteiger charge is 2.28. The largest absolute Gasteiger partial charge is 0.383 e. The number of aliphatic hydroxyl groups excluding tert-OH is 1. The average molecular weight is 335 g/mol. The van der Waals surface area contributed by atoms with E-state index in [4.69, 9.17) is 4.74 Å². The smallest absolute Gasteiger partial charge is 0.251 e. The minimum Gasteiger partial charge on any atom is -0.383 e. The fourth-order valence-electron chi connectivity index (χ4n) is 2.69. The highest BCUT2D eigenvalue weighted by atomic mass is 16.5. The molecule has 0 aromatic carbocycles. The summed E-state index contributed by atoms with van der Waals surface area (Å²) in [7, 11) is 1.58. The molecule has 0 spiro atoms. The molecule has 0 radical (unpaired) electrons. The summed E-state index contributed by atoms with van der Waals surface area (Å²) in [6.45, 7) is 1.69. The Balaban J connectivity index is 2.02. The number of likely N-dealkylation sites (tertiary alicyclic amines) is 1. The number of aliphatic hydroxyl groups is 1. The Morgan fingerprint density at radius 3 is 3.00 bits per heavy atom. The predicted octanol–water partition coefficient (Wildman–Crippen LogP) is 0.430. The van der Waals surface area contributed by atoms with E-state index >= 15 is 0 Å². The maximum Gasteiger partial charge on any atom is 0.251 e. The second kappa shape index (κ2) is 9.34. The van der Waals surface area contributed by atoms with Crippen molar-refractivity contribution in [2.24, 2.45) is 0 Å². The molecule has 1 aliphatic heterocycles. The highest BCUT2D eigenvalue weighted by molar-refractivity contribution is 5.87. The van der Waals surface area contributed by atoms with Gasteiger partial charge in [0.15, 0.2) is 0 Å². The standard InChI is InChI=1S/C17H25N3O4/c1-24-11-10-19(12-14-6-2-4-8-18-14)16(22)13-20-9-5-3-7-15(21)17(20)23/h2,4,6,8,15,21H,3,5,7,9-13H2,1H3. The first-order valence-electron chi connectivity index (χ1n) is 8.25.